The summed E-state index contributed by atoms with van der Waals surface area (Å²) in [5.41, 5.74) is 1.08. The molecule has 2 aromatic rings. The molecule has 0 saturated heterocycles. The zero-order valence-electron chi connectivity index (χ0n) is 10.6. The van der Waals surface area contributed by atoms with E-state index in [9.17, 15) is 14.9 Å². The molecule has 1 N–H and O–H groups in total. The van der Waals surface area contributed by atoms with Crippen molar-refractivity contribution in [1.29, 1.82) is 0 Å². The molecule has 0 unspecified atom stereocenters. The van der Waals surface area contributed by atoms with Crippen LogP contribution in [0.1, 0.15) is 15.9 Å². The van der Waals surface area contributed by atoms with Gasteiger partial charge in [0.05, 0.1) is 20.6 Å². The summed E-state index contributed by atoms with van der Waals surface area (Å²) in [7, 11) is 0. The molecule has 2 rings (SSSR count). The lowest BCUT2D eigenvalue weighted by Gasteiger charge is -1.98. The van der Waals surface area contributed by atoms with Crippen molar-refractivity contribution in [3.05, 3.63) is 68.2 Å². The Morgan fingerprint density at radius 2 is 2.05 bits per heavy atom. The molecular formula is C14H9BrN2O4. The average molecular weight is 349 g/mol. The van der Waals surface area contributed by atoms with Gasteiger partial charge in [0.2, 0.25) is 0 Å². The van der Waals surface area contributed by atoms with Crippen molar-refractivity contribution in [3.63, 3.8) is 0 Å². The Bertz CT molecular complexity index is 744. The highest BCUT2D eigenvalue weighted by atomic mass is 79.9. The number of rotatable bonds is 4. The van der Waals surface area contributed by atoms with Crippen molar-refractivity contribution in [1.82, 2.24) is 0 Å². The maximum atomic E-state index is 10.9. The maximum Gasteiger partial charge on any atom is 0.335 e. The molecule has 0 radical (unpaired) electrons. The van der Waals surface area contributed by atoms with E-state index in [-0.39, 0.29) is 11.3 Å². The third-order valence-corrected chi connectivity index (χ3v) is 3.29. The van der Waals surface area contributed by atoms with Gasteiger partial charge in [-0.1, -0.05) is 12.1 Å². The van der Waals surface area contributed by atoms with Gasteiger partial charge >= 0.3 is 5.97 Å². The Balaban J connectivity index is 2.29. The van der Waals surface area contributed by atoms with Crippen LogP contribution >= 0.6 is 15.9 Å². The van der Waals surface area contributed by atoms with Gasteiger partial charge in [-0.3, -0.25) is 15.1 Å². The van der Waals surface area contributed by atoms with Gasteiger partial charge in [-0.2, -0.15) is 0 Å². The number of nitro groups is 1. The Morgan fingerprint density at radius 3 is 2.71 bits per heavy atom. The highest BCUT2D eigenvalue weighted by Gasteiger charge is 2.11. The lowest BCUT2D eigenvalue weighted by molar-refractivity contribution is -0.385. The smallest absolute Gasteiger partial charge is 0.335 e. The first-order chi connectivity index (χ1) is 9.97. The van der Waals surface area contributed by atoms with E-state index in [4.69, 9.17) is 5.11 Å². The molecule has 21 heavy (non-hydrogen) atoms. The van der Waals surface area contributed by atoms with Crippen molar-refractivity contribution in [3.8, 4) is 0 Å². The summed E-state index contributed by atoms with van der Waals surface area (Å²) in [4.78, 5) is 25.3. The summed E-state index contributed by atoms with van der Waals surface area (Å²) in [6, 6.07) is 10.7. The first-order valence-corrected chi connectivity index (χ1v) is 6.58. The second-order valence-corrected chi connectivity index (χ2v) is 4.94. The molecule has 0 aliphatic carbocycles. The van der Waals surface area contributed by atoms with Crippen molar-refractivity contribution in [2.75, 3.05) is 0 Å². The fraction of sp³-hybridized carbons (Fsp3) is 0. The van der Waals surface area contributed by atoms with Crippen molar-refractivity contribution in [2.24, 2.45) is 4.99 Å². The van der Waals surface area contributed by atoms with Gasteiger partial charge in [0.1, 0.15) is 0 Å². The molecule has 0 spiro atoms. The minimum absolute atomic E-state index is 0.0572. The van der Waals surface area contributed by atoms with Crippen LogP contribution in [0.2, 0.25) is 0 Å². The van der Waals surface area contributed by atoms with E-state index >= 15 is 0 Å². The zero-order chi connectivity index (χ0) is 15.4. The minimum atomic E-state index is -1.04. The number of hydrogen-bond donors (Lipinski definition) is 1. The van der Waals surface area contributed by atoms with Crippen LogP contribution in [-0.2, 0) is 0 Å². The molecule has 0 heterocycles. The Hall–Kier alpha value is -2.54. The number of nitro benzene ring substituents is 1. The third-order valence-electron chi connectivity index (χ3n) is 2.62. The van der Waals surface area contributed by atoms with Crippen LogP contribution in [0.15, 0.2) is 51.9 Å². The van der Waals surface area contributed by atoms with Gasteiger partial charge in [-0.25, -0.2) is 4.79 Å². The van der Waals surface area contributed by atoms with Crippen LogP contribution in [0.25, 0.3) is 0 Å². The van der Waals surface area contributed by atoms with Crippen molar-refractivity contribution < 1.29 is 14.8 Å². The lowest BCUT2D eigenvalue weighted by Crippen LogP contribution is -1.94. The van der Waals surface area contributed by atoms with Crippen molar-refractivity contribution in [2.45, 2.75) is 0 Å². The highest BCUT2D eigenvalue weighted by Crippen LogP contribution is 2.25. The fourth-order valence-corrected chi connectivity index (χ4v) is 2.01. The van der Waals surface area contributed by atoms with Gasteiger partial charge in [-0.15, -0.1) is 0 Å². The SMILES string of the molecule is O=C(O)c1cccc(N=Cc2ccc(Br)c([N+](=O)[O-])c2)c1. The Labute approximate surface area is 128 Å². The highest BCUT2D eigenvalue weighted by molar-refractivity contribution is 9.10. The predicted octanol–water partition coefficient (Wildman–Crippen LogP) is 3.81. The maximum absolute atomic E-state index is 10.9. The summed E-state index contributed by atoms with van der Waals surface area (Å²) in [5.74, 6) is -1.04. The van der Waals surface area contributed by atoms with Crippen LogP contribution in [0.3, 0.4) is 0 Å². The van der Waals surface area contributed by atoms with Crippen molar-refractivity contribution >= 4 is 39.5 Å². The quantitative estimate of drug-likeness (QED) is 0.516. The number of aromatic carboxylic acids is 1. The Kier molecular flexibility index (Phi) is 4.44. The van der Waals surface area contributed by atoms with Gasteiger partial charge in [0.15, 0.2) is 0 Å². The average Bonchev–Trinajstić information content (AvgIpc) is 2.46. The second kappa shape index (κ2) is 6.27. The molecule has 0 fully saturated rings. The molecule has 0 saturated carbocycles. The van der Waals surface area contributed by atoms with E-state index < -0.39 is 10.9 Å². The second-order valence-electron chi connectivity index (χ2n) is 4.08. The molecule has 0 amide bonds. The number of benzene rings is 2. The number of hydrogen-bond acceptors (Lipinski definition) is 4. The molecular weight excluding hydrogens is 340 g/mol. The summed E-state index contributed by atoms with van der Waals surface area (Å²) in [5, 5.41) is 19.7. The first-order valence-electron chi connectivity index (χ1n) is 5.79. The number of carbonyl (C=O) groups is 1. The zero-order valence-corrected chi connectivity index (χ0v) is 12.1. The van der Waals surface area contributed by atoms with Gasteiger partial charge in [0, 0.05) is 12.3 Å². The molecule has 2 aromatic carbocycles. The van der Waals surface area contributed by atoms with Crippen LogP contribution in [-0.4, -0.2) is 22.2 Å². The van der Waals surface area contributed by atoms with E-state index in [1.807, 2.05) is 0 Å². The number of aliphatic imine (C=N–C) groups is 1. The van der Waals surface area contributed by atoms with Crippen LogP contribution in [0, 0.1) is 10.1 Å². The molecule has 0 aliphatic heterocycles. The molecule has 0 atom stereocenters. The summed E-state index contributed by atoms with van der Waals surface area (Å²) in [6.45, 7) is 0. The minimum Gasteiger partial charge on any atom is -0.478 e. The molecule has 6 nitrogen and oxygen atoms in total. The van der Waals surface area contributed by atoms with E-state index in [0.717, 1.165) is 0 Å². The monoisotopic (exact) mass is 348 g/mol. The van der Waals surface area contributed by atoms with E-state index in [1.54, 1.807) is 24.3 Å². The standard InChI is InChI=1S/C14H9BrN2O4/c15-12-5-4-9(6-13(12)17(20)21)8-16-11-3-1-2-10(7-11)14(18)19/h1-8H,(H,18,19). The number of halogens is 1. The van der Waals surface area contributed by atoms with Crippen LogP contribution in [0.4, 0.5) is 11.4 Å². The number of carboxylic acids is 1. The summed E-state index contributed by atoms with van der Waals surface area (Å²) in [6.07, 6.45) is 1.44. The van der Waals surface area contributed by atoms with Gasteiger partial charge in [-0.05, 0) is 45.8 Å². The topological polar surface area (TPSA) is 92.8 Å². The Morgan fingerprint density at radius 1 is 1.29 bits per heavy atom. The molecule has 7 heteroatoms. The first kappa shape index (κ1) is 14.9. The molecule has 0 aliphatic rings. The van der Waals surface area contributed by atoms with Crippen LogP contribution < -0.4 is 0 Å². The lowest BCUT2D eigenvalue weighted by atomic mass is 10.2. The van der Waals surface area contributed by atoms with Gasteiger partial charge in [0.25, 0.3) is 5.69 Å². The molecule has 106 valence electrons. The largest absolute Gasteiger partial charge is 0.478 e. The van der Waals surface area contributed by atoms with E-state index in [0.29, 0.717) is 15.7 Å². The number of carboxylic acid groups (broad SMARTS) is 1. The molecule has 0 aromatic heterocycles. The fourth-order valence-electron chi connectivity index (χ4n) is 1.62. The number of nitrogens with zero attached hydrogens (tertiary/aromatic N) is 2. The van der Waals surface area contributed by atoms with Crippen LogP contribution in [0.5, 0.6) is 0 Å². The summed E-state index contributed by atoms with van der Waals surface area (Å²) < 4.78 is 0.387. The third kappa shape index (κ3) is 3.73. The van der Waals surface area contributed by atoms with Gasteiger partial charge < -0.3 is 5.11 Å². The van der Waals surface area contributed by atoms with E-state index in [1.165, 1.54) is 24.4 Å². The van der Waals surface area contributed by atoms with E-state index in [2.05, 4.69) is 20.9 Å². The normalized spacial score (nSPS) is 10.7. The summed E-state index contributed by atoms with van der Waals surface area (Å²) >= 11 is 3.10. The predicted molar refractivity (Wildman–Crippen MR) is 81.5 cm³/mol. The molecule has 0 bridgehead atoms.